The van der Waals surface area contributed by atoms with Gasteiger partial charge < -0.3 is 19.7 Å². The average molecular weight is 368 g/mol. The molecular formula is C20H24N4O3. The number of likely N-dealkylation sites (tertiary alicyclic amines) is 1. The molecule has 2 saturated heterocycles. The molecule has 2 aromatic rings. The molecule has 0 radical (unpaired) electrons. The van der Waals surface area contributed by atoms with Crippen molar-refractivity contribution >= 4 is 11.9 Å². The van der Waals surface area contributed by atoms with Crippen LogP contribution in [0.2, 0.25) is 0 Å². The molecule has 2 aliphatic rings. The quantitative estimate of drug-likeness (QED) is 0.840. The Morgan fingerprint density at radius 1 is 1.22 bits per heavy atom. The van der Waals surface area contributed by atoms with Crippen LogP contribution in [0.25, 0.3) is 0 Å². The molecule has 1 N–H and O–H groups in total. The van der Waals surface area contributed by atoms with Gasteiger partial charge in [-0.1, -0.05) is 18.2 Å². The van der Waals surface area contributed by atoms with Crippen LogP contribution in [0.1, 0.15) is 12.8 Å². The minimum Gasteiger partial charge on any atom is -0.484 e. The maximum atomic E-state index is 12.3. The second-order valence-corrected chi connectivity index (χ2v) is 7.20. The molecule has 4 rings (SSSR count). The van der Waals surface area contributed by atoms with E-state index in [1.807, 2.05) is 35.2 Å². The Hall–Kier alpha value is -2.67. The van der Waals surface area contributed by atoms with Gasteiger partial charge >= 0.3 is 0 Å². The maximum absolute atomic E-state index is 12.3. The lowest BCUT2D eigenvalue weighted by molar-refractivity contribution is -0.188. The van der Waals surface area contributed by atoms with Gasteiger partial charge in [0.25, 0.3) is 5.91 Å². The first-order chi connectivity index (χ1) is 13.2. The van der Waals surface area contributed by atoms with Gasteiger partial charge in [-0.25, -0.2) is 9.97 Å². The number of carbonyl (C=O) groups excluding carboxylic acids is 1. The molecule has 2 fully saturated rings. The van der Waals surface area contributed by atoms with Crippen molar-refractivity contribution < 1.29 is 14.3 Å². The summed E-state index contributed by atoms with van der Waals surface area (Å²) < 4.78 is 11.7. The Morgan fingerprint density at radius 2 is 2.00 bits per heavy atom. The molecule has 0 saturated carbocycles. The van der Waals surface area contributed by atoms with Crippen LogP contribution in [0.5, 0.6) is 5.75 Å². The van der Waals surface area contributed by atoms with E-state index in [-0.39, 0.29) is 18.1 Å². The van der Waals surface area contributed by atoms with Crippen molar-refractivity contribution in [3.8, 4) is 5.75 Å². The number of nitrogens with one attached hydrogen (secondary N) is 1. The predicted octanol–water partition coefficient (Wildman–Crippen LogP) is 1.98. The highest BCUT2D eigenvalue weighted by Gasteiger charge is 2.48. The van der Waals surface area contributed by atoms with Gasteiger partial charge in [0.1, 0.15) is 11.4 Å². The van der Waals surface area contributed by atoms with Crippen LogP contribution in [0.4, 0.5) is 5.95 Å². The highest BCUT2D eigenvalue weighted by Crippen LogP contribution is 2.36. The number of para-hydroxylation sites is 1. The summed E-state index contributed by atoms with van der Waals surface area (Å²) in [4.78, 5) is 22.4. The highest BCUT2D eigenvalue weighted by molar-refractivity contribution is 5.79. The zero-order valence-electron chi connectivity index (χ0n) is 15.2. The largest absolute Gasteiger partial charge is 0.484 e. The number of hydrogen-bond acceptors (Lipinski definition) is 6. The summed E-state index contributed by atoms with van der Waals surface area (Å²) in [6.07, 6.45) is 5.49. The lowest BCUT2D eigenvalue weighted by Crippen LogP contribution is -2.67. The smallest absolute Gasteiger partial charge is 0.260 e. The minimum absolute atomic E-state index is 0.0121. The van der Waals surface area contributed by atoms with Gasteiger partial charge in [0.05, 0.1) is 19.7 Å². The van der Waals surface area contributed by atoms with Gasteiger partial charge in [-0.2, -0.15) is 0 Å². The second kappa shape index (κ2) is 7.92. The third-order valence-corrected chi connectivity index (χ3v) is 5.16. The molecule has 2 aliphatic heterocycles. The van der Waals surface area contributed by atoms with Crippen molar-refractivity contribution in [1.29, 1.82) is 0 Å². The zero-order chi connectivity index (χ0) is 18.5. The van der Waals surface area contributed by atoms with Gasteiger partial charge in [0.15, 0.2) is 6.61 Å². The molecule has 142 valence electrons. The molecule has 1 aromatic carbocycles. The molecule has 7 nitrogen and oxygen atoms in total. The van der Waals surface area contributed by atoms with Crippen LogP contribution >= 0.6 is 0 Å². The first-order valence-corrected chi connectivity index (χ1v) is 9.33. The number of ether oxygens (including phenoxy) is 2. The van der Waals surface area contributed by atoms with Crippen LogP contribution in [0.3, 0.4) is 0 Å². The fourth-order valence-electron chi connectivity index (χ4n) is 3.53. The van der Waals surface area contributed by atoms with E-state index < -0.39 is 0 Å². The molecular weight excluding hydrogens is 344 g/mol. The molecule has 1 spiro atoms. The third kappa shape index (κ3) is 4.36. The van der Waals surface area contributed by atoms with E-state index in [2.05, 4.69) is 15.3 Å². The SMILES string of the molecule is O=C(COc1ccccc1)N1CC2(CC[C@@H](CNc3ncccn3)CO2)C1. The second-order valence-electron chi connectivity index (χ2n) is 7.20. The van der Waals surface area contributed by atoms with E-state index in [0.717, 1.165) is 19.4 Å². The van der Waals surface area contributed by atoms with E-state index >= 15 is 0 Å². The first kappa shape index (κ1) is 17.7. The first-order valence-electron chi connectivity index (χ1n) is 9.33. The molecule has 1 aromatic heterocycles. The summed E-state index contributed by atoms with van der Waals surface area (Å²) in [5.74, 6) is 1.81. The highest BCUT2D eigenvalue weighted by atomic mass is 16.5. The van der Waals surface area contributed by atoms with Gasteiger partial charge in [-0.15, -0.1) is 0 Å². The topological polar surface area (TPSA) is 76.6 Å². The number of rotatable bonds is 6. The number of carbonyl (C=O) groups is 1. The van der Waals surface area contributed by atoms with Crippen molar-refractivity contribution in [3.05, 3.63) is 48.8 Å². The van der Waals surface area contributed by atoms with Gasteiger partial charge in [0.2, 0.25) is 5.95 Å². The molecule has 3 heterocycles. The monoisotopic (exact) mass is 368 g/mol. The fraction of sp³-hybridized carbons (Fsp3) is 0.450. The Balaban J connectivity index is 1.17. The Bertz CT molecular complexity index is 740. The van der Waals surface area contributed by atoms with Crippen molar-refractivity contribution in [3.63, 3.8) is 0 Å². The third-order valence-electron chi connectivity index (χ3n) is 5.16. The van der Waals surface area contributed by atoms with Crippen molar-refractivity contribution in [1.82, 2.24) is 14.9 Å². The van der Waals surface area contributed by atoms with Crippen molar-refractivity contribution in [2.24, 2.45) is 5.92 Å². The van der Waals surface area contributed by atoms with Crippen LogP contribution in [-0.2, 0) is 9.53 Å². The average Bonchev–Trinajstić information content (AvgIpc) is 2.71. The van der Waals surface area contributed by atoms with Gasteiger partial charge in [-0.05, 0) is 37.0 Å². The van der Waals surface area contributed by atoms with E-state index in [1.165, 1.54) is 0 Å². The van der Waals surface area contributed by atoms with E-state index in [9.17, 15) is 4.79 Å². The molecule has 27 heavy (non-hydrogen) atoms. The molecule has 0 unspecified atom stereocenters. The number of aromatic nitrogens is 2. The summed E-state index contributed by atoms with van der Waals surface area (Å²) >= 11 is 0. The number of hydrogen-bond donors (Lipinski definition) is 1. The summed E-state index contributed by atoms with van der Waals surface area (Å²) in [6, 6.07) is 11.2. The number of anilines is 1. The number of nitrogens with zero attached hydrogens (tertiary/aromatic N) is 3. The molecule has 7 heteroatoms. The Labute approximate surface area is 158 Å². The summed E-state index contributed by atoms with van der Waals surface area (Å²) in [5.41, 5.74) is -0.165. The zero-order valence-corrected chi connectivity index (χ0v) is 15.2. The fourth-order valence-corrected chi connectivity index (χ4v) is 3.53. The van der Waals surface area contributed by atoms with Crippen LogP contribution in [0, 0.1) is 5.92 Å². The lowest BCUT2D eigenvalue weighted by Gasteiger charge is -2.52. The van der Waals surface area contributed by atoms with E-state index in [0.29, 0.717) is 37.3 Å². The van der Waals surface area contributed by atoms with Crippen molar-refractivity contribution in [2.75, 3.05) is 38.2 Å². The minimum atomic E-state index is -0.165. The predicted molar refractivity (Wildman–Crippen MR) is 100 cm³/mol. The number of amides is 1. The Kier molecular flexibility index (Phi) is 5.20. The maximum Gasteiger partial charge on any atom is 0.260 e. The normalized spacial score (nSPS) is 20.7. The van der Waals surface area contributed by atoms with Gasteiger partial charge in [0, 0.05) is 18.9 Å². The standard InChI is InChI=1S/C20H24N4O3/c25-18(13-26-17-5-2-1-3-6-17)24-14-20(15-24)8-7-16(12-27-20)11-23-19-21-9-4-10-22-19/h1-6,9-10,16H,7-8,11-15H2,(H,21,22,23)/t16-/m0/s1. The van der Waals surface area contributed by atoms with Crippen LogP contribution < -0.4 is 10.1 Å². The lowest BCUT2D eigenvalue weighted by atomic mass is 9.83. The van der Waals surface area contributed by atoms with Crippen LogP contribution in [-0.4, -0.2) is 59.2 Å². The van der Waals surface area contributed by atoms with Crippen LogP contribution in [0.15, 0.2) is 48.8 Å². The molecule has 1 amide bonds. The summed E-state index contributed by atoms with van der Waals surface area (Å²) in [6.45, 7) is 2.89. The van der Waals surface area contributed by atoms with Gasteiger partial charge in [-0.3, -0.25) is 4.79 Å². The number of benzene rings is 1. The Morgan fingerprint density at radius 3 is 2.70 bits per heavy atom. The van der Waals surface area contributed by atoms with E-state index in [4.69, 9.17) is 9.47 Å². The summed E-state index contributed by atoms with van der Waals surface area (Å²) in [7, 11) is 0. The molecule has 0 bridgehead atoms. The molecule has 1 atom stereocenters. The molecule has 0 aliphatic carbocycles. The summed E-state index contributed by atoms with van der Waals surface area (Å²) in [5, 5.41) is 3.25. The van der Waals surface area contributed by atoms with E-state index in [1.54, 1.807) is 18.5 Å². The van der Waals surface area contributed by atoms with Crippen molar-refractivity contribution in [2.45, 2.75) is 18.4 Å².